The molecular formula is C41H42N6O10S. The quantitative estimate of drug-likeness (QED) is 0.0470. The van der Waals surface area contributed by atoms with Crippen LogP contribution >= 0.6 is 0 Å². The summed E-state index contributed by atoms with van der Waals surface area (Å²) in [5, 5.41) is 56.2. The van der Waals surface area contributed by atoms with Crippen LogP contribution in [-0.4, -0.2) is 41.5 Å². The van der Waals surface area contributed by atoms with Crippen molar-refractivity contribution >= 4 is 32.9 Å². The molecule has 0 radical (unpaired) electrons. The number of nitrogen functional groups attached to an aromatic ring is 1. The van der Waals surface area contributed by atoms with Gasteiger partial charge in [-0.2, -0.15) is 18.9 Å². The van der Waals surface area contributed by atoms with E-state index in [9.17, 15) is 38.8 Å². The number of non-ortho nitro benzene ring substituents is 3. The van der Waals surface area contributed by atoms with Crippen LogP contribution in [0.1, 0.15) is 40.7 Å². The topological polar surface area (TPSA) is 267 Å². The van der Waals surface area contributed by atoms with Gasteiger partial charge in [0.25, 0.3) is 27.2 Å². The maximum absolute atomic E-state index is 12.0. The molecule has 0 bridgehead atoms. The Morgan fingerprint density at radius 3 is 1.28 bits per heavy atom. The number of nitrogens with two attached hydrogens (primary N) is 1. The molecule has 58 heavy (non-hydrogen) atoms. The van der Waals surface area contributed by atoms with Crippen LogP contribution in [0.4, 0.5) is 22.7 Å². The number of hydrogen-bond donors (Lipinski definition) is 2. The van der Waals surface area contributed by atoms with E-state index in [-0.39, 0.29) is 35.2 Å². The van der Waals surface area contributed by atoms with Gasteiger partial charge in [0.2, 0.25) is 0 Å². The van der Waals surface area contributed by atoms with E-state index < -0.39 is 24.9 Å². The minimum absolute atomic E-state index is 0.00283. The zero-order valence-electron chi connectivity index (χ0n) is 31.5. The van der Waals surface area contributed by atoms with E-state index in [1.807, 2.05) is 37.3 Å². The van der Waals surface area contributed by atoms with Crippen LogP contribution < -0.4 is 5.73 Å². The van der Waals surface area contributed by atoms with Gasteiger partial charge in [-0.15, -0.1) is 0 Å². The number of hydrogen-bond acceptors (Lipinski definition) is 13. The SMILES string of the molecule is Cc1ccc(S(=O)(=O)OCCc2ccc([N+](=O)[O-])cc2)cc1.N#CCCc1ccc(N)cc1.N#CCCc1ccc([N+](=O)[O-])cc1.O=[N+]([O-])c1ccc(CCO)cc1. The summed E-state index contributed by atoms with van der Waals surface area (Å²) in [6.45, 7) is 1.91. The number of aryl methyl sites for hydroxylation is 3. The summed E-state index contributed by atoms with van der Waals surface area (Å²) < 4.78 is 28.9. The summed E-state index contributed by atoms with van der Waals surface area (Å²) in [5.41, 5.74) is 11.2. The lowest BCUT2D eigenvalue weighted by atomic mass is 10.1. The molecule has 0 aromatic heterocycles. The highest BCUT2D eigenvalue weighted by molar-refractivity contribution is 7.86. The van der Waals surface area contributed by atoms with Gasteiger partial charge in [0.15, 0.2) is 0 Å². The summed E-state index contributed by atoms with van der Waals surface area (Å²) >= 11 is 0. The Bertz CT molecular complexity index is 2240. The lowest BCUT2D eigenvalue weighted by molar-refractivity contribution is -0.385. The second-order valence-electron chi connectivity index (χ2n) is 12.1. The fourth-order valence-electron chi connectivity index (χ4n) is 4.61. The molecule has 3 N–H and O–H groups in total. The monoisotopic (exact) mass is 810 g/mol. The maximum Gasteiger partial charge on any atom is 0.296 e. The van der Waals surface area contributed by atoms with Crippen molar-refractivity contribution in [2.24, 2.45) is 0 Å². The van der Waals surface area contributed by atoms with E-state index in [1.165, 1.54) is 54.1 Å². The van der Waals surface area contributed by atoms with Crippen molar-refractivity contribution in [3.05, 3.63) is 179 Å². The Hall–Kier alpha value is -7.05. The summed E-state index contributed by atoms with van der Waals surface area (Å²) in [6.07, 6.45) is 3.37. The molecule has 0 fully saturated rings. The maximum atomic E-state index is 12.0. The molecule has 0 saturated carbocycles. The lowest BCUT2D eigenvalue weighted by Crippen LogP contribution is -2.09. The van der Waals surface area contributed by atoms with Crippen LogP contribution in [0.3, 0.4) is 0 Å². The number of anilines is 1. The Kier molecular flexibility index (Phi) is 20.4. The molecule has 0 heterocycles. The Morgan fingerprint density at radius 2 is 0.931 bits per heavy atom. The van der Waals surface area contributed by atoms with Gasteiger partial charge in [0.1, 0.15) is 0 Å². The highest BCUT2D eigenvalue weighted by Crippen LogP contribution is 2.17. The molecule has 5 aromatic carbocycles. The summed E-state index contributed by atoms with van der Waals surface area (Å²) in [4.78, 5) is 29.8. The molecule has 0 spiro atoms. The third-order valence-corrected chi connectivity index (χ3v) is 9.14. The Labute approximate surface area is 336 Å². The fourth-order valence-corrected chi connectivity index (χ4v) is 5.52. The molecular weight excluding hydrogens is 769 g/mol. The van der Waals surface area contributed by atoms with Gasteiger partial charge in [-0.1, -0.05) is 66.2 Å². The van der Waals surface area contributed by atoms with Crippen molar-refractivity contribution in [2.45, 2.75) is 50.3 Å². The number of benzene rings is 5. The van der Waals surface area contributed by atoms with Gasteiger partial charge in [0.05, 0.1) is 38.4 Å². The van der Waals surface area contributed by atoms with Crippen LogP contribution in [0.5, 0.6) is 0 Å². The standard InChI is InChI=1S/C15H15NO5S.C9H8N2O2.C9H10N2.C8H9NO3/c1-12-2-8-15(9-3-12)22(19,20)21-11-10-13-4-6-14(7-5-13)16(17)18;10-7-1-2-8-3-5-9(6-4-8)11(12)13;10-7-1-2-8-3-5-9(11)6-4-8;10-6-5-7-1-3-8(4-2-7)9(11)12/h2-9H,10-11H2,1H3;3-6H,1-2H2;3-6H,1-2,11H2;1-4,10H,5-6H2. The zero-order chi connectivity index (χ0) is 42.9. The lowest BCUT2D eigenvalue weighted by Gasteiger charge is -2.06. The van der Waals surface area contributed by atoms with E-state index >= 15 is 0 Å². The minimum Gasteiger partial charge on any atom is -0.399 e. The second-order valence-corrected chi connectivity index (χ2v) is 13.8. The molecule has 0 saturated heterocycles. The van der Waals surface area contributed by atoms with Crippen molar-refractivity contribution in [2.75, 3.05) is 18.9 Å². The van der Waals surface area contributed by atoms with Crippen molar-refractivity contribution in [3.8, 4) is 12.1 Å². The number of nitro groups is 3. The number of aliphatic hydroxyl groups excluding tert-OH is 1. The van der Waals surface area contributed by atoms with Crippen molar-refractivity contribution in [1.29, 1.82) is 10.5 Å². The van der Waals surface area contributed by atoms with Gasteiger partial charge >= 0.3 is 0 Å². The molecule has 0 aliphatic rings. The molecule has 0 unspecified atom stereocenters. The first kappa shape index (κ1) is 47.1. The molecule has 0 aliphatic carbocycles. The fraction of sp³-hybridized carbons (Fsp3) is 0.220. The number of rotatable bonds is 14. The number of nitriles is 2. The first-order valence-electron chi connectivity index (χ1n) is 17.5. The smallest absolute Gasteiger partial charge is 0.296 e. The molecule has 5 rings (SSSR count). The van der Waals surface area contributed by atoms with E-state index in [2.05, 4.69) is 6.07 Å². The predicted octanol–water partition coefficient (Wildman–Crippen LogP) is 7.76. The highest BCUT2D eigenvalue weighted by atomic mass is 32.2. The summed E-state index contributed by atoms with van der Waals surface area (Å²) in [6, 6.07) is 36.5. The van der Waals surface area contributed by atoms with Crippen molar-refractivity contribution in [3.63, 3.8) is 0 Å². The minimum atomic E-state index is -3.78. The van der Waals surface area contributed by atoms with Gasteiger partial charge < -0.3 is 10.8 Å². The van der Waals surface area contributed by atoms with Crippen molar-refractivity contribution < 1.29 is 32.5 Å². The molecule has 5 aromatic rings. The normalized spacial score (nSPS) is 10.1. The summed E-state index contributed by atoms with van der Waals surface area (Å²) in [5.74, 6) is 0. The molecule has 0 amide bonds. The van der Waals surface area contributed by atoms with Crippen LogP contribution in [-0.2, 0) is 40.0 Å². The second kappa shape index (κ2) is 25.2. The van der Waals surface area contributed by atoms with E-state index in [0.29, 0.717) is 32.1 Å². The number of nitrogens with zero attached hydrogens (tertiary/aromatic N) is 5. The Balaban J connectivity index is 0.000000280. The van der Waals surface area contributed by atoms with Crippen LogP contribution in [0, 0.1) is 59.9 Å². The van der Waals surface area contributed by atoms with Crippen molar-refractivity contribution in [1.82, 2.24) is 0 Å². The zero-order valence-corrected chi connectivity index (χ0v) is 32.4. The molecule has 0 atom stereocenters. The van der Waals surface area contributed by atoms with Crippen LogP contribution in [0.25, 0.3) is 0 Å². The number of nitro benzene ring substituents is 3. The average molecular weight is 811 g/mol. The van der Waals surface area contributed by atoms with E-state index in [1.54, 1.807) is 48.5 Å². The van der Waals surface area contributed by atoms with Crippen LogP contribution in [0.15, 0.2) is 126 Å². The first-order chi connectivity index (χ1) is 27.7. The third-order valence-electron chi connectivity index (χ3n) is 7.81. The molecule has 17 heteroatoms. The van der Waals surface area contributed by atoms with Gasteiger partial charge in [0, 0.05) is 61.5 Å². The highest BCUT2D eigenvalue weighted by Gasteiger charge is 2.15. The van der Waals surface area contributed by atoms with Crippen LogP contribution in [0.2, 0.25) is 0 Å². The summed E-state index contributed by atoms with van der Waals surface area (Å²) in [7, 11) is -3.78. The average Bonchev–Trinajstić information content (AvgIpc) is 3.21. The van der Waals surface area contributed by atoms with E-state index in [0.717, 1.165) is 34.4 Å². The molecule has 302 valence electrons. The third kappa shape index (κ3) is 18.1. The molecule has 16 nitrogen and oxygen atoms in total. The largest absolute Gasteiger partial charge is 0.399 e. The van der Waals surface area contributed by atoms with Gasteiger partial charge in [-0.3, -0.25) is 34.5 Å². The number of aliphatic hydroxyl groups is 1. The first-order valence-corrected chi connectivity index (χ1v) is 18.9. The predicted molar refractivity (Wildman–Crippen MR) is 217 cm³/mol. The Morgan fingerprint density at radius 1 is 0.586 bits per heavy atom. The van der Waals surface area contributed by atoms with Gasteiger partial charge in [-0.25, -0.2) is 0 Å². The molecule has 0 aliphatic heterocycles. The van der Waals surface area contributed by atoms with Gasteiger partial charge in [-0.05, 0) is 79.1 Å². The van der Waals surface area contributed by atoms with E-state index in [4.69, 9.17) is 25.5 Å².